The molecule has 192 valence electrons. The van der Waals surface area contributed by atoms with Crippen molar-refractivity contribution in [3.05, 3.63) is 95.1 Å². The molecule has 3 N–H and O–H groups in total. The number of carbonyl (C=O) groups excluding carboxylic acids is 2. The number of aliphatic hydroxyl groups excluding tert-OH is 2. The molecular formula is C29H36N2O5. The Morgan fingerprint density at radius 3 is 2.53 bits per heavy atom. The molecule has 7 heteroatoms. The zero-order valence-electron chi connectivity index (χ0n) is 21.3. The van der Waals surface area contributed by atoms with Gasteiger partial charge in [-0.05, 0) is 55.2 Å². The molecule has 0 spiro atoms. The van der Waals surface area contributed by atoms with Gasteiger partial charge in [-0.2, -0.15) is 0 Å². The number of benzene rings is 2. The van der Waals surface area contributed by atoms with Gasteiger partial charge in [-0.15, -0.1) is 0 Å². The smallest absolute Gasteiger partial charge is 0.254 e. The van der Waals surface area contributed by atoms with E-state index in [0.29, 0.717) is 6.54 Å². The number of ether oxygens (including phenoxy) is 1. The Bertz CT molecular complexity index is 1110. The van der Waals surface area contributed by atoms with Crippen molar-refractivity contribution in [2.45, 2.75) is 39.5 Å². The van der Waals surface area contributed by atoms with Crippen LogP contribution in [0.15, 0.2) is 78.4 Å². The molecule has 2 aromatic carbocycles. The lowest BCUT2D eigenvalue weighted by Gasteiger charge is -2.26. The maximum Gasteiger partial charge on any atom is 0.254 e. The average Bonchev–Trinajstić information content (AvgIpc) is 2.89. The topological polar surface area (TPSA) is 99.1 Å². The molecule has 2 rings (SSSR count). The number of nitrogens with one attached hydrogen (secondary N) is 1. The molecule has 0 aromatic heterocycles. The predicted molar refractivity (Wildman–Crippen MR) is 142 cm³/mol. The van der Waals surface area contributed by atoms with Gasteiger partial charge in [0.25, 0.3) is 11.8 Å². The summed E-state index contributed by atoms with van der Waals surface area (Å²) in [5, 5.41) is 23.4. The molecule has 2 aromatic rings. The number of allylic oxidation sites excluding steroid dienone is 3. The van der Waals surface area contributed by atoms with E-state index in [2.05, 4.69) is 5.32 Å². The zero-order chi connectivity index (χ0) is 26.5. The Morgan fingerprint density at radius 2 is 1.86 bits per heavy atom. The number of hydrogen-bond acceptors (Lipinski definition) is 5. The lowest BCUT2D eigenvalue weighted by Crippen LogP contribution is -2.50. The molecule has 0 fully saturated rings. The van der Waals surface area contributed by atoms with Crippen LogP contribution >= 0.6 is 0 Å². The van der Waals surface area contributed by atoms with Crippen molar-refractivity contribution in [3.63, 3.8) is 0 Å². The molecule has 0 aliphatic rings. The molecule has 0 saturated heterocycles. The number of nitrogens with zero attached hydrogens (tertiary/aromatic N) is 1. The molecule has 2 unspecified atom stereocenters. The van der Waals surface area contributed by atoms with Crippen LogP contribution in [-0.4, -0.2) is 59.3 Å². The largest absolute Gasteiger partial charge is 0.497 e. The third kappa shape index (κ3) is 8.52. The second-order valence-corrected chi connectivity index (χ2v) is 8.26. The van der Waals surface area contributed by atoms with Crippen molar-refractivity contribution in [1.82, 2.24) is 10.2 Å². The fourth-order valence-electron chi connectivity index (χ4n) is 3.51. The van der Waals surface area contributed by atoms with Crippen LogP contribution in [0.4, 0.5) is 0 Å². The Kier molecular flexibility index (Phi) is 11.6. The maximum absolute atomic E-state index is 12.8. The summed E-state index contributed by atoms with van der Waals surface area (Å²) >= 11 is 0. The molecule has 2 atom stereocenters. The van der Waals surface area contributed by atoms with Gasteiger partial charge in [0.15, 0.2) is 12.2 Å². The van der Waals surface area contributed by atoms with E-state index in [9.17, 15) is 19.8 Å². The summed E-state index contributed by atoms with van der Waals surface area (Å²) in [6.45, 7) is 6.29. The fraction of sp³-hybridized carbons (Fsp3) is 0.310. The standard InChI is InChI=1S/C29H36N2O5/c1-5-11-23(15-9-13-22-14-10-17-25(18-22)36-4)19-30-28(34)26(32)27(33)29(35)31(6-2)20-24-16-8-7-12-21(24)3/h5,7-18,26-27,32-33H,6,19-20H2,1-4H3,(H,30,34)/b11-5-,13-9+,23-15+. The van der Waals surface area contributed by atoms with Gasteiger partial charge in [0.2, 0.25) is 0 Å². The van der Waals surface area contributed by atoms with Gasteiger partial charge in [0.05, 0.1) is 7.11 Å². The van der Waals surface area contributed by atoms with E-state index in [1.165, 1.54) is 4.90 Å². The fourth-order valence-corrected chi connectivity index (χ4v) is 3.51. The molecule has 7 nitrogen and oxygen atoms in total. The molecule has 0 heterocycles. The first-order valence-corrected chi connectivity index (χ1v) is 11.9. The summed E-state index contributed by atoms with van der Waals surface area (Å²) in [6, 6.07) is 15.2. The zero-order valence-corrected chi connectivity index (χ0v) is 21.3. The van der Waals surface area contributed by atoms with Crippen LogP contribution in [0, 0.1) is 6.92 Å². The number of carbonyl (C=O) groups is 2. The quantitative estimate of drug-likeness (QED) is 0.395. The van der Waals surface area contributed by atoms with Crippen LogP contribution in [0.3, 0.4) is 0 Å². The van der Waals surface area contributed by atoms with Crippen molar-refractivity contribution in [2.75, 3.05) is 20.2 Å². The first-order valence-electron chi connectivity index (χ1n) is 11.9. The van der Waals surface area contributed by atoms with Crippen LogP contribution in [0.5, 0.6) is 5.75 Å². The number of aliphatic hydroxyl groups is 2. The lowest BCUT2D eigenvalue weighted by atomic mass is 10.1. The van der Waals surface area contributed by atoms with E-state index in [1.807, 2.05) is 92.8 Å². The molecule has 0 saturated carbocycles. The highest BCUT2D eigenvalue weighted by Crippen LogP contribution is 2.14. The summed E-state index contributed by atoms with van der Waals surface area (Å²) in [7, 11) is 1.61. The Hall–Kier alpha value is -3.68. The molecule has 0 aliphatic carbocycles. The predicted octanol–water partition coefficient (Wildman–Crippen LogP) is 3.41. The number of likely N-dealkylation sites (N-methyl/N-ethyl adjacent to an activating group) is 1. The number of amides is 2. The van der Waals surface area contributed by atoms with Crippen molar-refractivity contribution in [1.29, 1.82) is 0 Å². The molecule has 2 amide bonds. The van der Waals surface area contributed by atoms with Gasteiger partial charge in [-0.1, -0.05) is 66.8 Å². The van der Waals surface area contributed by atoms with E-state index in [4.69, 9.17) is 4.74 Å². The van der Waals surface area contributed by atoms with E-state index in [-0.39, 0.29) is 13.1 Å². The van der Waals surface area contributed by atoms with Gasteiger partial charge in [0.1, 0.15) is 5.75 Å². The van der Waals surface area contributed by atoms with E-state index < -0.39 is 24.0 Å². The van der Waals surface area contributed by atoms with Crippen molar-refractivity contribution < 1.29 is 24.5 Å². The number of hydrogen-bond donors (Lipinski definition) is 3. The van der Waals surface area contributed by atoms with Gasteiger partial charge >= 0.3 is 0 Å². The van der Waals surface area contributed by atoms with Crippen LogP contribution in [0.1, 0.15) is 30.5 Å². The first-order chi connectivity index (χ1) is 17.3. The highest BCUT2D eigenvalue weighted by molar-refractivity contribution is 5.90. The van der Waals surface area contributed by atoms with Crippen LogP contribution < -0.4 is 10.1 Å². The van der Waals surface area contributed by atoms with Crippen LogP contribution in [-0.2, 0) is 16.1 Å². The monoisotopic (exact) mass is 492 g/mol. The SMILES string of the molecule is C\C=C/C(=C\C=C\c1cccc(OC)c1)CNC(=O)C(O)C(O)C(=O)N(CC)Cc1ccccc1C. The summed E-state index contributed by atoms with van der Waals surface area (Å²) in [6.07, 6.45) is 5.48. The minimum Gasteiger partial charge on any atom is -0.497 e. The highest BCUT2D eigenvalue weighted by atomic mass is 16.5. The second kappa shape index (κ2) is 14.7. The van der Waals surface area contributed by atoms with Crippen molar-refractivity contribution >= 4 is 17.9 Å². The minimum atomic E-state index is -1.89. The Morgan fingerprint density at radius 1 is 1.11 bits per heavy atom. The first kappa shape index (κ1) is 28.6. The third-order valence-corrected chi connectivity index (χ3v) is 5.68. The molecule has 0 aliphatic heterocycles. The van der Waals surface area contributed by atoms with Crippen molar-refractivity contribution in [3.8, 4) is 5.75 Å². The van der Waals surface area contributed by atoms with Crippen LogP contribution in [0.2, 0.25) is 0 Å². The summed E-state index contributed by atoms with van der Waals surface area (Å²) < 4.78 is 5.22. The molecule has 0 radical (unpaired) electrons. The van der Waals surface area contributed by atoms with Gasteiger partial charge in [-0.25, -0.2) is 0 Å². The number of methoxy groups -OCH3 is 1. The summed E-state index contributed by atoms with van der Waals surface area (Å²) in [5.41, 5.74) is 3.67. The minimum absolute atomic E-state index is 0.115. The van der Waals surface area contributed by atoms with Crippen LogP contribution in [0.25, 0.3) is 6.08 Å². The summed E-state index contributed by atoms with van der Waals surface area (Å²) in [4.78, 5) is 26.7. The van der Waals surface area contributed by atoms with Gasteiger partial charge in [0, 0.05) is 19.6 Å². The normalized spacial score (nSPS) is 13.6. The molecular weight excluding hydrogens is 456 g/mol. The van der Waals surface area contributed by atoms with Gasteiger partial charge < -0.3 is 25.2 Å². The Balaban J connectivity index is 1.99. The Labute approximate surface area is 213 Å². The highest BCUT2D eigenvalue weighted by Gasteiger charge is 2.33. The summed E-state index contributed by atoms with van der Waals surface area (Å²) in [5.74, 6) is -0.770. The third-order valence-electron chi connectivity index (χ3n) is 5.68. The van der Waals surface area contributed by atoms with Gasteiger partial charge in [-0.3, -0.25) is 9.59 Å². The second-order valence-electron chi connectivity index (χ2n) is 8.26. The van der Waals surface area contributed by atoms with Crippen molar-refractivity contribution in [2.24, 2.45) is 0 Å². The molecule has 0 bridgehead atoms. The number of rotatable bonds is 12. The molecule has 36 heavy (non-hydrogen) atoms. The average molecular weight is 493 g/mol. The van der Waals surface area contributed by atoms with E-state index >= 15 is 0 Å². The van der Waals surface area contributed by atoms with E-state index in [1.54, 1.807) is 14.0 Å². The number of aryl methyl sites for hydroxylation is 1. The van der Waals surface area contributed by atoms with E-state index in [0.717, 1.165) is 28.0 Å². The maximum atomic E-state index is 12.8. The lowest BCUT2D eigenvalue weighted by molar-refractivity contribution is -0.153.